The van der Waals surface area contributed by atoms with Gasteiger partial charge in [-0.2, -0.15) is 0 Å². The molecule has 4 aromatic carbocycles. The molecule has 4 rings (SSSR count). The fraction of sp³-hybridized carbons (Fsp3) is 0.226. The topological polar surface area (TPSA) is 58.6 Å². The molecule has 5 nitrogen and oxygen atoms in total. The largest absolute Gasteiger partial charge is 0.483 e. The molecule has 39 heavy (non-hydrogen) atoms. The van der Waals surface area contributed by atoms with Crippen molar-refractivity contribution >= 4 is 61.7 Å². The number of halogens is 3. The number of carbonyl (C=O) groups is 2. The predicted octanol–water partition coefficient (Wildman–Crippen LogP) is 7.45. The Bertz CT molecular complexity index is 1450. The summed E-state index contributed by atoms with van der Waals surface area (Å²) in [6.45, 7) is 2.42. The molecular formula is C31H29BrCl2N2O3. The van der Waals surface area contributed by atoms with Crippen LogP contribution < -0.4 is 10.1 Å². The van der Waals surface area contributed by atoms with Gasteiger partial charge in [0.15, 0.2) is 6.61 Å². The van der Waals surface area contributed by atoms with E-state index in [1.54, 1.807) is 23.1 Å². The molecule has 0 fully saturated rings. The van der Waals surface area contributed by atoms with Crippen molar-refractivity contribution in [1.82, 2.24) is 10.2 Å². The second-order valence-corrected chi connectivity index (χ2v) is 10.8. The zero-order chi connectivity index (χ0) is 27.8. The lowest BCUT2D eigenvalue weighted by molar-refractivity contribution is -0.142. The SMILES string of the molecule is CCCNC(=O)[C@H](Cc1ccccc1)N(Cc1ccc(Cl)c(Cl)c1)C(=O)COc1ccc2ccccc2c1Br. The fourth-order valence-electron chi connectivity index (χ4n) is 4.30. The van der Waals surface area contributed by atoms with Gasteiger partial charge in [-0.3, -0.25) is 9.59 Å². The average Bonchev–Trinajstić information content (AvgIpc) is 2.95. The second-order valence-electron chi connectivity index (χ2n) is 9.15. The van der Waals surface area contributed by atoms with Gasteiger partial charge in [0, 0.05) is 19.5 Å². The third-order valence-electron chi connectivity index (χ3n) is 6.34. The predicted molar refractivity (Wildman–Crippen MR) is 161 cm³/mol. The van der Waals surface area contributed by atoms with E-state index in [4.69, 9.17) is 27.9 Å². The number of benzene rings is 4. The van der Waals surface area contributed by atoms with Crippen molar-refractivity contribution < 1.29 is 14.3 Å². The summed E-state index contributed by atoms with van der Waals surface area (Å²) in [6, 6.07) is 25.8. The number of hydrogen-bond donors (Lipinski definition) is 1. The van der Waals surface area contributed by atoms with E-state index in [9.17, 15) is 9.59 Å². The van der Waals surface area contributed by atoms with Crippen LogP contribution in [0.25, 0.3) is 10.8 Å². The van der Waals surface area contributed by atoms with Crippen molar-refractivity contribution in [3.05, 3.63) is 111 Å². The fourth-order valence-corrected chi connectivity index (χ4v) is 5.23. The van der Waals surface area contributed by atoms with Crippen LogP contribution in [-0.4, -0.2) is 35.9 Å². The van der Waals surface area contributed by atoms with Gasteiger partial charge in [0.25, 0.3) is 5.91 Å². The third kappa shape index (κ3) is 7.53. The number of fused-ring (bicyclic) bond motifs is 1. The van der Waals surface area contributed by atoms with Crippen LogP contribution in [0.1, 0.15) is 24.5 Å². The van der Waals surface area contributed by atoms with Gasteiger partial charge in [0.1, 0.15) is 11.8 Å². The first-order valence-corrected chi connectivity index (χ1v) is 14.3. The number of amides is 2. The molecule has 0 bridgehead atoms. The summed E-state index contributed by atoms with van der Waals surface area (Å²) < 4.78 is 6.78. The van der Waals surface area contributed by atoms with Gasteiger partial charge >= 0.3 is 0 Å². The highest BCUT2D eigenvalue weighted by Gasteiger charge is 2.31. The van der Waals surface area contributed by atoms with Crippen molar-refractivity contribution in [2.75, 3.05) is 13.2 Å². The number of carbonyl (C=O) groups excluding carboxylic acids is 2. The van der Waals surface area contributed by atoms with Crippen LogP contribution in [0.5, 0.6) is 5.75 Å². The maximum atomic E-state index is 13.8. The monoisotopic (exact) mass is 626 g/mol. The maximum absolute atomic E-state index is 13.8. The molecule has 0 unspecified atom stereocenters. The molecule has 0 spiro atoms. The Balaban J connectivity index is 1.64. The Kier molecular flexibility index (Phi) is 10.3. The third-order valence-corrected chi connectivity index (χ3v) is 7.89. The zero-order valence-electron chi connectivity index (χ0n) is 21.5. The van der Waals surface area contributed by atoms with E-state index in [-0.39, 0.29) is 25.0 Å². The lowest BCUT2D eigenvalue weighted by atomic mass is 10.0. The van der Waals surface area contributed by atoms with Crippen molar-refractivity contribution in [1.29, 1.82) is 0 Å². The molecule has 8 heteroatoms. The lowest BCUT2D eigenvalue weighted by Gasteiger charge is -2.31. The molecule has 0 saturated carbocycles. The highest BCUT2D eigenvalue weighted by molar-refractivity contribution is 9.10. The normalized spacial score (nSPS) is 11.7. The van der Waals surface area contributed by atoms with E-state index in [1.165, 1.54) is 0 Å². The summed E-state index contributed by atoms with van der Waals surface area (Å²) in [5.41, 5.74) is 1.70. The standard InChI is InChI=1S/C31H29BrCl2N2O3/c1-2-16-35-31(38)27(18-21-8-4-3-5-9-21)36(19-22-12-14-25(33)26(34)17-22)29(37)20-39-28-15-13-23-10-6-7-11-24(23)30(28)32/h3-15,17,27H,2,16,18-20H2,1H3,(H,35,38)/t27-/m0/s1. The van der Waals surface area contributed by atoms with E-state index in [0.717, 1.165) is 32.8 Å². The Morgan fingerprint density at radius 2 is 1.67 bits per heavy atom. The molecule has 1 N–H and O–H groups in total. The molecule has 0 aromatic heterocycles. The Labute approximate surface area is 247 Å². The van der Waals surface area contributed by atoms with Gasteiger partial charge in [-0.25, -0.2) is 0 Å². The smallest absolute Gasteiger partial charge is 0.261 e. The summed E-state index contributed by atoms with van der Waals surface area (Å²) in [6.07, 6.45) is 1.13. The van der Waals surface area contributed by atoms with Crippen LogP contribution in [0.2, 0.25) is 10.0 Å². The van der Waals surface area contributed by atoms with Crippen molar-refractivity contribution in [3.8, 4) is 5.75 Å². The first kappa shape index (κ1) is 28.9. The molecule has 202 valence electrons. The van der Waals surface area contributed by atoms with Crippen molar-refractivity contribution in [2.24, 2.45) is 0 Å². The summed E-state index contributed by atoms with van der Waals surface area (Å²) in [7, 11) is 0. The summed E-state index contributed by atoms with van der Waals surface area (Å²) >= 11 is 16.0. The number of nitrogens with zero attached hydrogens (tertiary/aromatic N) is 1. The van der Waals surface area contributed by atoms with Crippen LogP contribution in [0.3, 0.4) is 0 Å². The van der Waals surface area contributed by atoms with Gasteiger partial charge in [-0.15, -0.1) is 0 Å². The molecule has 0 aliphatic rings. The lowest BCUT2D eigenvalue weighted by Crippen LogP contribution is -2.51. The van der Waals surface area contributed by atoms with E-state index < -0.39 is 6.04 Å². The van der Waals surface area contributed by atoms with Gasteiger partial charge in [0.05, 0.1) is 14.5 Å². The van der Waals surface area contributed by atoms with Crippen LogP contribution in [0.4, 0.5) is 0 Å². The van der Waals surface area contributed by atoms with Gasteiger partial charge in [-0.1, -0.05) is 96.9 Å². The van der Waals surface area contributed by atoms with Crippen LogP contribution in [0.15, 0.2) is 89.4 Å². The van der Waals surface area contributed by atoms with Gasteiger partial charge in [0.2, 0.25) is 5.91 Å². The van der Waals surface area contributed by atoms with Crippen molar-refractivity contribution in [3.63, 3.8) is 0 Å². The summed E-state index contributed by atoms with van der Waals surface area (Å²) in [5.74, 6) is 0.00120. The highest BCUT2D eigenvalue weighted by Crippen LogP contribution is 2.33. The van der Waals surface area contributed by atoms with Crippen LogP contribution >= 0.6 is 39.1 Å². The minimum atomic E-state index is -0.760. The second kappa shape index (κ2) is 13.8. The molecule has 0 heterocycles. The minimum Gasteiger partial charge on any atom is -0.483 e. The van der Waals surface area contributed by atoms with Gasteiger partial charge in [-0.05, 0) is 62.4 Å². The van der Waals surface area contributed by atoms with E-state index >= 15 is 0 Å². The van der Waals surface area contributed by atoms with E-state index in [2.05, 4.69) is 21.2 Å². The summed E-state index contributed by atoms with van der Waals surface area (Å²) in [5, 5.41) is 5.81. The Morgan fingerprint density at radius 1 is 0.923 bits per heavy atom. The van der Waals surface area contributed by atoms with Crippen LogP contribution in [-0.2, 0) is 22.6 Å². The molecular weight excluding hydrogens is 599 g/mol. The molecule has 1 atom stereocenters. The quantitative estimate of drug-likeness (QED) is 0.188. The molecule has 0 aliphatic heterocycles. The number of rotatable bonds is 11. The molecule has 2 amide bonds. The minimum absolute atomic E-state index is 0.162. The van der Waals surface area contributed by atoms with E-state index in [1.807, 2.05) is 73.7 Å². The van der Waals surface area contributed by atoms with Gasteiger partial charge < -0.3 is 15.0 Å². The number of ether oxygens (including phenoxy) is 1. The molecule has 0 aliphatic carbocycles. The first-order chi connectivity index (χ1) is 18.9. The summed E-state index contributed by atoms with van der Waals surface area (Å²) in [4.78, 5) is 28.8. The van der Waals surface area contributed by atoms with Crippen LogP contribution in [0, 0.1) is 0 Å². The average molecular weight is 628 g/mol. The molecule has 4 aromatic rings. The first-order valence-electron chi connectivity index (χ1n) is 12.7. The Hall–Kier alpha value is -3.06. The molecule has 0 saturated heterocycles. The number of nitrogens with one attached hydrogen (secondary N) is 1. The number of hydrogen-bond acceptors (Lipinski definition) is 3. The highest BCUT2D eigenvalue weighted by atomic mass is 79.9. The zero-order valence-corrected chi connectivity index (χ0v) is 24.6. The maximum Gasteiger partial charge on any atom is 0.261 e. The molecule has 0 radical (unpaired) electrons. The van der Waals surface area contributed by atoms with E-state index in [0.29, 0.717) is 28.8 Å². The Morgan fingerprint density at radius 3 is 2.41 bits per heavy atom. The van der Waals surface area contributed by atoms with Crippen molar-refractivity contribution in [2.45, 2.75) is 32.4 Å².